The van der Waals surface area contributed by atoms with Crippen LogP contribution in [0.1, 0.15) is 66.2 Å². The molecule has 3 aliphatic carbocycles. The van der Waals surface area contributed by atoms with Crippen LogP contribution >= 0.6 is 0 Å². The van der Waals surface area contributed by atoms with E-state index in [-0.39, 0.29) is 28.6 Å². The summed E-state index contributed by atoms with van der Waals surface area (Å²) in [5.74, 6) is 1.35. The van der Waals surface area contributed by atoms with Crippen molar-refractivity contribution in [2.24, 2.45) is 34.0 Å². The van der Waals surface area contributed by atoms with E-state index < -0.39 is 12.2 Å². The van der Waals surface area contributed by atoms with Crippen molar-refractivity contribution < 1.29 is 20.1 Å². The number of ketones is 1. The van der Waals surface area contributed by atoms with Crippen LogP contribution in [0.4, 0.5) is 0 Å². The van der Waals surface area contributed by atoms with Crippen molar-refractivity contribution in [2.75, 3.05) is 6.61 Å². The molecule has 4 nitrogen and oxygen atoms in total. The van der Waals surface area contributed by atoms with Gasteiger partial charge in [0.1, 0.15) is 6.10 Å². The monoisotopic (exact) mass is 338 g/mol. The molecule has 0 aromatic heterocycles. The maximum atomic E-state index is 12.5. The maximum Gasteiger partial charge on any atom is 0.162 e. The summed E-state index contributed by atoms with van der Waals surface area (Å²) in [6.07, 6.45) is 3.97. The number of carbonyl (C=O) groups is 1. The fourth-order valence-corrected chi connectivity index (χ4v) is 6.78. The van der Waals surface area contributed by atoms with Gasteiger partial charge in [0.05, 0.1) is 12.7 Å². The topological polar surface area (TPSA) is 77.8 Å². The number of Topliss-reactive ketones (excluding diaryl/α,β-unsaturated/α-hetero) is 1. The highest BCUT2D eigenvalue weighted by atomic mass is 16.3. The molecule has 0 aromatic carbocycles. The Bertz CT molecular complexity index is 516. The fraction of sp³-hybridized carbons (Fsp3) is 0.950. The lowest BCUT2D eigenvalue weighted by Gasteiger charge is -2.62. The Balaban J connectivity index is 1.88. The van der Waals surface area contributed by atoms with E-state index in [0.717, 1.165) is 32.1 Å². The molecule has 0 amide bonds. The van der Waals surface area contributed by atoms with Crippen LogP contribution in [0.15, 0.2) is 0 Å². The van der Waals surface area contributed by atoms with Crippen LogP contribution in [-0.4, -0.2) is 39.9 Å². The van der Waals surface area contributed by atoms with Gasteiger partial charge in [0.25, 0.3) is 0 Å². The molecule has 0 aromatic rings. The van der Waals surface area contributed by atoms with Gasteiger partial charge in [-0.05, 0) is 60.7 Å². The number of rotatable bonds is 2. The molecule has 138 valence electrons. The summed E-state index contributed by atoms with van der Waals surface area (Å²) >= 11 is 0. The molecule has 3 aliphatic rings. The highest BCUT2D eigenvalue weighted by Crippen LogP contribution is 2.64. The summed E-state index contributed by atoms with van der Waals surface area (Å²) in [6.45, 7) is 8.30. The first kappa shape index (κ1) is 18.3. The highest BCUT2D eigenvalue weighted by molar-refractivity contribution is 5.85. The predicted molar refractivity (Wildman–Crippen MR) is 92.3 cm³/mol. The van der Waals surface area contributed by atoms with Gasteiger partial charge in [-0.1, -0.05) is 27.7 Å². The van der Waals surface area contributed by atoms with E-state index in [2.05, 4.69) is 27.7 Å². The average Bonchev–Trinajstić information content (AvgIpc) is 2.51. The molecule has 7 atom stereocenters. The van der Waals surface area contributed by atoms with Gasteiger partial charge in [0, 0.05) is 11.8 Å². The van der Waals surface area contributed by atoms with E-state index in [9.17, 15) is 20.1 Å². The summed E-state index contributed by atoms with van der Waals surface area (Å²) < 4.78 is 0. The van der Waals surface area contributed by atoms with Crippen LogP contribution in [0.5, 0.6) is 0 Å². The summed E-state index contributed by atoms with van der Waals surface area (Å²) in [5, 5.41) is 30.1. The molecule has 24 heavy (non-hydrogen) atoms. The first-order chi connectivity index (χ1) is 11.1. The summed E-state index contributed by atoms with van der Waals surface area (Å²) in [7, 11) is 0. The molecule has 3 saturated carbocycles. The van der Waals surface area contributed by atoms with Gasteiger partial charge in [-0.2, -0.15) is 0 Å². The largest absolute Gasteiger partial charge is 0.394 e. The minimum absolute atomic E-state index is 0.00290. The van der Waals surface area contributed by atoms with Crippen molar-refractivity contribution in [3.8, 4) is 0 Å². The lowest BCUT2D eigenvalue weighted by atomic mass is 9.42. The van der Waals surface area contributed by atoms with Crippen molar-refractivity contribution in [3.63, 3.8) is 0 Å². The minimum Gasteiger partial charge on any atom is -0.394 e. The molecule has 7 unspecified atom stereocenters. The lowest BCUT2D eigenvalue weighted by Crippen LogP contribution is -2.61. The van der Waals surface area contributed by atoms with Gasteiger partial charge in [0.2, 0.25) is 0 Å². The lowest BCUT2D eigenvalue weighted by molar-refractivity contribution is -0.181. The molecule has 3 N–H and O–H groups in total. The predicted octanol–water partition coefficient (Wildman–Crippen LogP) is 2.54. The molecule has 3 fully saturated rings. The molecule has 0 heterocycles. The Kier molecular flexibility index (Phi) is 4.42. The van der Waals surface area contributed by atoms with Crippen molar-refractivity contribution in [3.05, 3.63) is 0 Å². The first-order valence-electron chi connectivity index (χ1n) is 9.56. The number of aliphatic hydroxyl groups is 3. The molecule has 4 heteroatoms. The van der Waals surface area contributed by atoms with E-state index in [4.69, 9.17) is 0 Å². The van der Waals surface area contributed by atoms with Gasteiger partial charge >= 0.3 is 0 Å². The maximum absolute atomic E-state index is 12.5. The Hall–Kier alpha value is -0.450. The van der Waals surface area contributed by atoms with Crippen molar-refractivity contribution in [1.29, 1.82) is 0 Å². The Labute approximate surface area is 145 Å². The summed E-state index contributed by atoms with van der Waals surface area (Å²) in [5.41, 5.74) is -0.624. The van der Waals surface area contributed by atoms with E-state index in [0.29, 0.717) is 24.2 Å². The number of carbonyl (C=O) groups excluding carboxylic acids is 1. The quantitative estimate of drug-likeness (QED) is 0.723. The van der Waals surface area contributed by atoms with Crippen molar-refractivity contribution >= 4 is 5.78 Å². The number of aliphatic hydroxyl groups excluding tert-OH is 3. The standard InChI is InChI=1S/C20H34O4/c1-18(2)15-6-5-12-9-19(3,16(23)11-21)8-7-13(12)20(15,4)10-14(22)17(18)24/h12-13,15-17,21,23-24H,5-11H2,1-4H3. The molecule has 0 bridgehead atoms. The zero-order valence-corrected chi connectivity index (χ0v) is 15.6. The van der Waals surface area contributed by atoms with Crippen LogP contribution < -0.4 is 0 Å². The second-order valence-electron chi connectivity index (χ2n) is 9.96. The molecule has 0 radical (unpaired) electrons. The summed E-state index contributed by atoms with van der Waals surface area (Å²) in [6, 6.07) is 0. The van der Waals surface area contributed by atoms with Gasteiger partial charge in [-0.3, -0.25) is 4.79 Å². The first-order valence-corrected chi connectivity index (χ1v) is 9.56. The third-order valence-corrected chi connectivity index (χ3v) is 8.23. The van der Waals surface area contributed by atoms with E-state index in [1.165, 1.54) is 0 Å². The molecule has 0 saturated heterocycles. The minimum atomic E-state index is -0.836. The number of hydrogen-bond acceptors (Lipinski definition) is 4. The smallest absolute Gasteiger partial charge is 0.162 e. The SMILES string of the molecule is CC1(C(O)CO)CCC2C(CCC3C(C)(C)C(O)C(=O)CC23C)C1. The molecule has 0 aliphatic heterocycles. The van der Waals surface area contributed by atoms with Crippen LogP contribution in [0.3, 0.4) is 0 Å². The van der Waals surface area contributed by atoms with Crippen LogP contribution in [0.2, 0.25) is 0 Å². The van der Waals surface area contributed by atoms with Crippen LogP contribution in [0.25, 0.3) is 0 Å². The van der Waals surface area contributed by atoms with Crippen LogP contribution in [0, 0.1) is 34.0 Å². The third-order valence-electron chi connectivity index (χ3n) is 8.23. The normalized spacial score (nSPS) is 49.2. The molecule has 0 spiro atoms. The van der Waals surface area contributed by atoms with E-state index in [1.54, 1.807) is 0 Å². The van der Waals surface area contributed by atoms with E-state index in [1.807, 2.05) is 0 Å². The van der Waals surface area contributed by atoms with E-state index >= 15 is 0 Å². The van der Waals surface area contributed by atoms with Gasteiger partial charge in [-0.25, -0.2) is 0 Å². The zero-order valence-electron chi connectivity index (χ0n) is 15.6. The van der Waals surface area contributed by atoms with Crippen molar-refractivity contribution in [1.82, 2.24) is 0 Å². The van der Waals surface area contributed by atoms with Gasteiger partial charge in [-0.15, -0.1) is 0 Å². The molecular weight excluding hydrogens is 304 g/mol. The second-order valence-corrected chi connectivity index (χ2v) is 9.96. The number of hydrogen-bond donors (Lipinski definition) is 3. The Morgan fingerprint density at radius 1 is 1.17 bits per heavy atom. The highest BCUT2D eigenvalue weighted by Gasteiger charge is 2.61. The van der Waals surface area contributed by atoms with Crippen molar-refractivity contribution in [2.45, 2.75) is 78.4 Å². The summed E-state index contributed by atoms with van der Waals surface area (Å²) in [4.78, 5) is 12.5. The zero-order chi connectivity index (χ0) is 17.9. The number of fused-ring (bicyclic) bond motifs is 3. The second kappa shape index (κ2) is 5.78. The molecular formula is C20H34O4. The Morgan fingerprint density at radius 3 is 2.46 bits per heavy atom. The Morgan fingerprint density at radius 2 is 1.83 bits per heavy atom. The third kappa shape index (κ3) is 2.48. The van der Waals surface area contributed by atoms with Crippen LogP contribution in [-0.2, 0) is 4.79 Å². The average molecular weight is 338 g/mol. The van der Waals surface area contributed by atoms with Gasteiger partial charge in [0.15, 0.2) is 5.78 Å². The fourth-order valence-electron chi connectivity index (χ4n) is 6.78. The molecule has 3 rings (SSSR count). The van der Waals surface area contributed by atoms with Gasteiger partial charge < -0.3 is 15.3 Å².